The van der Waals surface area contributed by atoms with Gasteiger partial charge in [0, 0.05) is 17.4 Å². The van der Waals surface area contributed by atoms with Crippen LogP contribution in [0.5, 0.6) is 23.0 Å². The number of carbonyl (C=O) groups excluding carboxylic acids is 1. The first kappa shape index (κ1) is 23.8. The molecule has 9 heteroatoms. The van der Waals surface area contributed by atoms with Crippen molar-refractivity contribution in [1.82, 2.24) is 0 Å². The molecule has 3 atom stereocenters. The molecule has 0 unspecified atom stereocenters. The van der Waals surface area contributed by atoms with E-state index in [1.165, 1.54) is 14.2 Å². The molecule has 0 radical (unpaired) electrons. The molecule has 6 rings (SSSR count). The molecule has 0 aromatic heterocycles. The van der Waals surface area contributed by atoms with Crippen molar-refractivity contribution < 1.29 is 33.6 Å². The Morgan fingerprint density at radius 3 is 2.47 bits per heavy atom. The third kappa shape index (κ3) is 3.65. The third-order valence-corrected chi connectivity index (χ3v) is 7.53. The number of rotatable bonds is 6. The molecule has 2 aliphatic heterocycles. The third-order valence-electron chi connectivity index (χ3n) is 7.53. The predicted molar refractivity (Wildman–Crippen MR) is 139 cm³/mol. The number of carboxylic acid groups (broad SMARTS) is 1. The maximum Gasteiger partial charge on any atom is 0.308 e. The van der Waals surface area contributed by atoms with Gasteiger partial charge in [0.15, 0.2) is 29.3 Å². The van der Waals surface area contributed by atoms with Gasteiger partial charge in [-0.2, -0.15) is 5.10 Å². The Hall–Kier alpha value is -4.53. The Kier molecular flexibility index (Phi) is 5.71. The summed E-state index contributed by atoms with van der Waals surface area (Å²) in [4.78, 5) is 25.0. The van der Waals surface area contributed by atoms with E-state index < -0.39 is 23.7 Å². The first-order valence-electron chi connectivity index (χ1n) is 12.2. The van der Waals surface area contributed by atoms with Crippen LogP contribution in [-0.4, -0.2) is 50.6 Å². The number of benzene rings is 3. The molecule has 9 nitrogen and oxygen atoms in total. The minimum atomic E-state index is -0.954. The first-order valence-corrected chi connectivity index (χ1v) is 12.2. The van der Waals surface area contributed by atoms with Gasteiger partial charge >= 0.3 is 5.97 Å². The highest BCUT2D eigenvalue weighted by Crippen LogP contribution is 2.51. The van der Waals surface area contributed by atoms with Gasteiger partial charge in [-0.05, 0) is 54.4 Å². The number of anilines is 1. The Labute approximate surface area is 219 Å². The second kappa shape index (κ2) is 9.09. The van der Waals surface area contributed by atoms with Crippen LogP contribution in [0, 0.1) is 18.8 Å². The molecule has 1 N–H and O–H groups in total. The maximum absolute atomic E-state index is 13.0. The van der Waals surface area contributed by atoms with Gasteiger partial charge in [0.1, 0.15) is 0 Å². The number of methoxy groups -OCH3 is 2. The molecule has 0 fully saturated rings. The zero-order valence-electron chi connectivity index (χ0n) is 21.1. The minimum absolute atomic E-state index is 0.0856. The van der Waals surface area contributed by atoms with Crippen molar-refractivity contribution in [3.05, 3.63) is 76.3 Å². The van der Waals surface area contributed by atoms with Crippen LogP contribution in [0.15, 0.2) is 53.6 Å². The van der Waals surface area contributed by atoms with Gasteiger partial charge in [-0.3, -0.25) is 14.6 Å². The predicted octanol–water partition coefficient (Wildman–Crippen LogP) is 4.24. The van der Waals surface area contributed by atoms with Crippen LogP contribution >= 0.6 is 0 Å². The van der Waals surface area contributed by atoms with Crippen molar-refractivity contribution in [3.63, 3.8) is 0 Å². The lowest BCUT2D eigenvalue weighted by Crippen LogP contribution is -2.41. The number of hydrazone groups is 1. The number of aliphatic carboxylic acids is 1. The standard InChI is InChI=1S/C29H26N2O7/c1-15-4-6-18(7-5-15)31-12-21-26(29(33)34)25(16-8-17(13-32)28(36-3)24(9-16)35-2)19-10-22-23(38-14-37-22)11-20(19)27(21)30-31/h4-11,13,21,25-26H,12,14H2,1-3H3,(H,33,34)/t21-,25+,26-/m0/s1. The van der Waals surface area contributed by atoms with Crippen LogP contribution in [-0.2, 0) is 4.79 Å². The lowest BCUT2D eigenvalue weighted by atomic mass is 9.65. The van der Waals surface area contributed by atoms with Crippen molar-refractivity contribution in [3.8, 4) is 23.0 Å². The summed E-state index contributed by atoms with van der Waals surface area (Å²) in [5, 5.41) is 17.4. The Balaban J connectivity index is 1.57. The van der Waals surface area contributed by atoms with Gasteiger partial charge in [-0.1, -0.05) is 17.7 Å². The van der Waals surface area contributed by atoms with Gasteiger partial charge in [0.05, 0.1) is 43.6 Å². The van der Waals surface area contributed by atoms with Crippen LogP contribution in [0.1, 0.15) is 38.5 Å². The zero-order chi connectivity index (χ0) is 26.6. The van der Waals surface area contributed by atoms with Crippen LogP contribution in [0.2, 0.25) is 0 Å². The number of ether oxygens (including phenoxy) is 4. The molecule has 2 heterocycles. The van der Waals surface area contributed by atoms with Crippen molar-refractivity contribution in [2.45, 2.75) is 12.8 Å². The molecular formula is C29H26N2O7. The summed E-state index contributed by atoms with van der Waals surface area (Å²) in [5.41, 5.74) is 5.16. The molecule has 0 saturated heterocycles. The lowest BCUT2D eigenvalue weighted by Gasteiger charge is -2.36. The van der Waals surface area contributed by atoms with E-state index in [0.717, 1.165) is 22.4 Å². The van der Waals surface area contributed by atoms with Crippen LogP contribution in [0.3, 0.4) is 0 Å². The Bertz CT molecular complexity index is 1480. The van der Waals surface area contributed by atoms with E-state index in [1.54, 1.807) is 12.1 Å². The SMILES string of the molecule is COc1cc([C@@H]2c3cc4c(cc3C3=NN(c5ccc(C)cc5)C[C@H]3[C@@H]2C(=O)O)OCO4)cc(C=O)c1OC. The highest BCUT2D eigenvalue weighted by molar-refractivity contribution is 6.09. The van der Waals surface area contributed by atoms with Crippen LogP contribution < -0.4 is 24.0 Å². The topological polar surface area (TPSA) is 107 Å². The number of fused-ring (bicyclic) bond motifs is 4. The number of hydrogen-bond donors (Lipinski definition) is 1. The fourth-order valence-corrected chi connectivity index (χ4v) is 5.78. The van der Waals surface area contributed by atoms with Crippen molar-refractivity contribution in [2.75, 3.05) is 32.6 Å². The number of aldehydes is 1. The number of nitrogens with zero attached hydrogens (tertiary/aromatic N) is 2. The van der Waals surface area contributed by atoms with Crippen LogP contribution in [0.4, 0.5) is 5.69 Å². The summed E-state index contributed by atoms with van der Waals surface area (Å²) < 4.78 is 22.3. The molecule has 0 bridgehead atoms. The molecular weight excluding hydrogens is 488 g/mol. The number of aryl methyl sites for hydroxylation is 1. The van der Waals surface area contributed by atoms with Gasteiger partial charge in [0.25, 0.3) is 0 Å². The Morgan fingerprint density at radius 2 is 1.82 bits per heavy atom. The second-order valence-electron chi connectivity index (χ2n) is 9.61. The number of hydrogen-bond acceptors (Lipinski definition) is 8. The molecule has 1 aliphatic carbocycles. The fourth-order valence-electron chi connectivity index (χ4n) is 5.78. The van der Waals surface area contributed by atoms with Gasteiger partial charge in [-0.25, -0.2) is 0 Å². The fraction of sp³-hybridized carbons (Fsp3) is 0.276. The number of carbonyl (C=O) groups is 2. The molecule has 0 spiro atoms. The van der Waals surface area contributed by atoms with E-state index >= 15 is 0 Å². The normalized spacial score (nSPS) is 20.9. The van der Waals surface area contributed by atoms with E-state index in [2.05, 4.69) is 0 Å². The average molecular weight is 515 g/mol. The quantitative estimate of drug-likeness (QED) is 0.487. The summed E-state index contributed by atoms with van der Waals surface area (Å²) in [6.45, 7) is 2.50. The molecule has 3 aromatic carbocycles. The minimum Gasteiger partial charge on any atom is -0.493 e. The molecule has 3 aromatic rings. The lowest BCUT2D eigenvalue weighted by molar-refractivity contribution is -0.143. The molecule has 3 aliphatic rings. The molecule has 0 saturated carbocycles. The first-order chi connectivity index (χ1) is 18.4. The van der Waals surface area contributed by atoms with Crippen molar-refractivity contribution >= 4 is 23.7 Å². The molecule has 194 valence electrons. The Morgan fingerprint density at radius 1 is 1.08 bits per heavy atom. The van der Waals surface area contributed by atoms with Crippen molar-refractivity contribution in [1.29, 1.82) is 0 Å². The van der Waals surface area contributed by atoms with Gasteiger partial charge < -0.3 is 24.1 Å². The maximum atomic E-state index is 13.0. The summed E-state index contributed by atoms with van der Waals surface area (Å²) in [6.07, 6.45) is 0.686. The molecule has 38 heavy (non-hydrogen) atoms. The largest absolute Gasteiger partial charge is 0.493 e. The highest BCUT2D eigenvalue weighted by Gasteiger charge is 2.49. The summed E-state index contributed by atoms with van der Waals surface area (Å²) >= 11 is 0. The van der Waals surface area contributed by atoms with Gasteiger partial charge in [0.2, 0.25) is 6.79 Å². The average Bonchev–Trinajstić information content (AvgIpc) is 3.57. The summed E-state index contributed by atoms with van der Waals surface area (Å²) in [6, 6.07) is 15.1. The summed E-state index contributed by atoms with van der Waals surface area (Å²) in [5.74, 6) is -1.07. The van der Waals surface area contributed by atoms with E-state index in [4.69, 9.17) is 24.0 Å². The van der Waals surface area contributed by atoms with E-state index in [0.29, 0.717) is 47.1 Å². The van der Waals surface area contributed by atoms with E-state index in [1.807, 2.05) is 48.3 Å². The van der Waals surface area contributed by atoms with Crippen molar-refractivity contribution in [2.24, 2.45) is 16.9 Å². The monoisotopic (exact) mass is 514 g/mol. The summed E-state index contributed by atoms with van der Waals surface area (Å²) in [7, 11) is 2.95. The number of carboxylic acids is 1. The van der Waals surface area contributed by atoms with E-state index in [9.17, 15) is 14.7 Å². The smallest absolute Gasteiger partial charge is 0.308 e. The molecule has 0 amide bonds. The van der Waals surface area contributed by atoms with Gasteiger partial charge in [-0.15, -0.1) is 0 Å². The van der Waals surface area contributed by atoms with Crippen LogP contribution in [0.25, 0.3) is 0 Å². The zero-order valence-corrected chi connectivity index (χ0v) is 21.1. The second-order valence-corrected chi connectivity index (χ2v) is 9.61. The van der Waals surface area contributed by atoms with E-state index in [-0.39, 0.29) is 12.4 Å². The highest BCUT2D eigenvalue weighted by atomic mass is 16.7.